The van der Waals surface area contributed by atoms with Crippen LogP contribution in [0.25, 0.3) is 0 Å². The van der Waals surface area contributed by atoms with Gasteiger partial charge < -0.3 is 24.2 Å². The Morgan fingerprint density at radius 1 is 1.24 bits per heavy atom. The molecule has 0 saturated heterocycles. The molecule has 4 rings (SSSR count). The molecule has 1 aliphatic heterocycles. The summed E-state index contributed by atoms with van der Waals surface area (Å²) in [5.74, 6) is -0.907. The van der Waals surface area contributed by atoms with Crippen LogP contribution in [0.1, 0.15) is 43.6 Å². The van der Waals surface area contributed by atoms with Gasteiger partial charge in [-0.3, -0.25) is 9.59 Å². The van der Waals surface area contributed by atoms with Crippen molar-refractivity contribution < 1.29 is 28.3 Å². The Balaban J connectivity index is 1.46. The number of furan rings is 2. The number of rotatable bonds is 6. The first-order chi connectivity index (χ1) is 13.9. The quantitative estimate of drug-likeness (QED) is 0.665. The summed E-state index contributed by atoms with van der Waals surface area (Å²) in [5.41, 5.74) is 2.42. The lowest BCUT2D eigenvalue weighted by molar-refractivity contribution is -0.117. The van der Waals surface area contributed by atoms with Crippen molar-refractivity contribution in [2.24, 2.45) is 0 Å². The number of aryl methyl sites for hydroxylation is 1. The fraction of sp³-hybridized carbons (Fsp3) is 0.190. The Morgan fingerprint density at radius 2 is 2.03 bits per heavy atom. The Bertz CT molecular complexity index is 1110. The maximum atomic E-state index is 12.6. The molecule has 3 heterocycles. The third kappa shape index (κ3) is 3.52. The number of nitrogens with one attached hydrogen (secondary N) is 1. The molecule has 0 bridgehead atoms. The van der Waals surface area contributed by atoms with E-state index in [1.54, 1.807) is 17.9 Å². The minimum absolute atomic E-state index is 0.0125. The fourth-order valence-corrected chi connectivity index (χ4v) is 3.41. The average Bonchev–Trinajstić information content (AvgIpc) is 3.38. The van der Waals surface area contributed by atoms with E-state index in [4.69, 9.17) is 13.9 Å². The molecule has 29 heavy (non-hydrogen) atoms. The van der Waals surface area contributed by atoms with Crippen LogP contribution in [0, 0.1) is 6.92 Å². The smallest absolute Gasteiger partial charge is 0.339 e. The maximum absolute atomic E-state index is 12.6. The summed E-state index contributed by atoms with van der Waals surface area (Å²) >= 11 is 0. The van der Waals surface area contributed by atoms with Gasteiger partial charge in [0.2, 0.25) is 5.91 Å². The van der Waals surface area contributed by atoms with Crippen LogP contribution in [0.2, 0.25) is 0 Å². The van der Waals surface area contributed by atoms with Crippen LogP contribution in [0.15, 0.2) is 51.5 Å². The molecule has 8 nitrogen and oxygen atoms in total. The van der Waals surface area contributed by atoms with E-state index in [1.807, 2.05) is 24.3 Å². The van der Waals surface area contributed by atoms with Gasteiger partial charge in [0, 0.05) is 11.3 Å². The Labute approximate surface area is 165 Å². The summed E-state index contributed by atoms with van der Waals surface area (Å²) in [5, 5.41) is 11.7. The van der Waals surface area contributed by atoms with Crippen LogP contribution in [-0.4, -0.2) is 22.9 Å². The van der Waals surface area contributed by atoms with Gasteiger partial charge in [-0.15, -0.1) is 0 Å². The van der Waals surface area contributed by atoms with Crippen molar-refractivity contribution in [3.8, 4) is 0 Å². The molecule has 2 N–H and O–H groups in total. The van der Waals surface area contributed by atoms with Crippen molar-refractivity contribution >= 4 is 23.5 Å². The summed E-state index contributed by atoms with van der Waals surface area (Å²) < 4.78 is 10.7. The highest BCUT2D eigenvalue weighted by molar-refractivity contribution is 6.01. The van der Waals surface area contributed by atoms with Crippen LogP contribution < -0.4 is 10.2 Å². The van der Waals surface area contributed by atoms with Gasteiger partial charge in [-0.05, 0) is 30.7 Å². The Morgan fingerprint density at radius 3 is 2.79 bits per heavy atom. The van der Waals surface area contributed by atoms with E-state index in [1.165, 1.54) is 12.3 Å². The predicted molar refractivity (Wildman–Crippen MR) is 102 cm³/mol. The number of para-hydroxylation sites is 1. The minimum atomic E-state index is -1.09. The molecular weight excluding hydrogens is 376 g/mol. The second kappa shape index (κ2) is 7.31. The van der Waals surface area contributed by atoms with Gasteiger partial charge in [-0.2, -0.15) is 0 Å². The van der Waals surface area contributed by atoms with Crippen molar-refractivity contribution in [2.45, 2.75) is 26.4 Å². The van der Waals surface area contributed by atoms with Crippen LogP contribution in [-0.2, 0) is 24.3 Å². The van der Waals surface area contributed by atoms with Crippen molar-refractivity contribution in [2.75, 3.05) is 4.90 Å². The van der Waals surface area contributed by atoms with Crippen LogP contribution in [0.3, 0.4) is 0 Å². The number of fused-ring (bicyclic) bond motifs is 1. The Kier molecular flexibility index (Phi) is 4.67. The van der Waals surface area contributed by atoms with Crippen molar-refractivity contribution in [3.05, 3.63) is 76.6 Å². The molecule has 8 heteroatoms. The second-order valence-electron chi connectivity index (χ2n) is 6.73. The first-order valence-electron chi connectivity index (χ1n) is 8.99. The van der Waals surface area contributed by atoms with Gasteiger partial charge in [0.1, 0.15) is 17.1 Å². The lowest BCUT2D eigenvalue weighted by Gasteiger charge is -2.17. The summed E-state index contributed by atoms with van der Waals surface area (Å²) in [6, 6.07) is 10.6. The van der Waals surface area contributed by atoms with Crippen LogP contribution in [0.4, 0.5) is 5.69 Å². The molecule has 0 radical (unpaired) electrons. The molecule has 2 aromatic heterocycles. The largest absolute Gasteiger partial charge is 0.478 e. The number of carbonyl (C=O) groups is 3. The number of aromatic carboxylic acids is 1. The first-order valence-corrected chi connectivity index (χ1v) is 8.99. The molecule has 148 valence electrons. The molecule has 1 aliphatic rings. The fourth-order valence-electron chi connectivity index (χ4n) is 3.41. The number of carboxylic acid groups (broad SMARTS) is 1. The zero-order chi connectivity index (χ0) is 20.5. The summed E-state index contributed by atoms with van der Waals surface area (Å²) in [4.78, 5) is 37.7. The van der Waals surface area contributed by atoms with Gasteiger partial charge in [-0.1, -0.05) is 18.2 Å². The number of hydrogen-bond donors (Lipinski definition) is 2. The third-order valence-corrected chi connectivity index (χ3v) is 4.83. The van der Waals surface area contributed by atoms with Crippen LogP contribution >= 0.6 is 0 Å². The highest BCUT2D eigenvalue weighted by Gasteiger charge is 2.28. The molecule has 0 unspecified atom stereocenters. The normalized spacial score (nSPS) is 12.9. The van der Waals surface area contributed by atoms with Gasteiger partial charge in [0.25, 0.3) is 5.91 Å². The highest BCUT2D eigenvalue weighted by atomic mass is 16.4. The molecule has 0 saturated carbocycles. The van der Waals surface area contributed by atoms with E-state index in [0.717, 1.165) is 11.3 Å². The number of nitrogens with zero attached hydrogens (tertiary/aromatic N) is 1. The number of hydrogen-bond acceptors (Lipinski definition) is 5. The maximum Gasteiger partial charge on any atom is 0.339 e. The van der Waals surface area contributed by atoms with Crippen molar-refractivity contribution in [1.29, 1.82) is 0 Å². The van der Waals surface area contributed by atoms with E-state index in [9.17, 15) is 14.4 Å². The Hall–Kier alpha value is -3.81. The number of carboxylic acids is 1. The topological polar surface area (TPSA) is 113 Å². The van der Waals surface area contributed by atoms with E-state index < -0.39 is 11.9 Å². The molecular formula is C21H18N2O6. The second-order valence-corrected chi connectivity index (χ2v) is 6.73. The van der Waals surface area contributed by atoms with Gasteiger partial charge in [0.15, 0.2) is 5.76 Å². The average molecular weight is 394 g/mol. The molecule has 1 aromatic carbocycles. The number of amides is 2. The monoisotopic (exact) mass is 394 g/mol. The van der Waals surface area contributed by atoms with E-state index in [2.05, 4.69) is 5.32 Å². The molecule has 0 atom stereocenters. The SMILES string of the molecule is Cc1oc(CNC(=O)c2occc2CN2C(=O)Cc3ccccc32)cc1C(=O)O. The minimum Gasteiger partial charge on any atom is -0.478 e. The van der Waals surface area contributed by atoms with Gasteiger partial charge >= 0.3 is 5.97 Å². The lowest BCUT2D eigenvalue weighted by atomic mass is 10.1. The third-order valence-electron chi connectivity index (χ3n) is 4.83. The van der Waals surface area contributed by atoms with E-state index in [0.29, 0.717) is 17.7 Å². The molecule has 2 amide bonds. The van der Waals surface area contributed by atoms with Crippen LogP contribution in [0.5, 0.6) is 0 Å². The predicted octanol–water partition coefficient (Wildman–Crippen LogP) is 2.90. The van der Waals surface area contributed by atoms with E-state index >= 15 is 0 Å². The zero-order valence-electron chi connectivity index (χ0n) is 15.6. The number of carbonyl (C=O) groups excluding carboxylic acids is 2. The molecule has 0 fully saturated rings. The summed E-state index contributed by atoms with van der Waals surface area (Å²) in [6.07, 6.45) is 1.73. The highest BCUT2D eigenvalue weighted by Crippen LogP contribution is 2.30. The standard InChI is InChI=1S/C21H18N2O6/c1-12-16(21(26)27)9-15(29-12)10-22-20(25)19-14(6-7-28-19)11-23-17-5-3-2-4-13(17)8-18(23)24/h2-7,9H,8,10-11H2,1H3,(H,22,25)(H,26,27). The zero-order valence-corrected chi connectivity index (χ0v) is 15.6. The van der Waals surface area contributed by atoms with Gasteiger partial charge in [0.05, 0.1) is 25.8 Å². The summed E-state index contributed by atoms with van der Waals surface area (Å²) in [7, 11) is 0. The molecule has 0 aliphatic carbocycles. The van der Waals surface area contributed by atoms with Crippen molar-refractivity contribution in [3.63, 3.8) is 0 Å². The number of benzene rings is 1. The van der Waals surface area contributed by atoms with E-state index in [-0.39, 0.29) is 36.1 Å². The summed E-state index contributed by atoms with van der Waals surface area (Å²) in [6.45, 7) is 1.78. The number of anilines is 1. The van der Waals surface area contributed by atoms with Gasteiger partial charge in [-0.25, -0.2) is 4.79 Å². The first kappa shape index (κ1) is 18.5. The lowest BCUT2D eigenvalue weighted by Crippen LogP contribution is -2.28. The van der Waals surface area contributed by atoms with Crippen molar-refractivity contribution in [1.82, 2.24) is 5.32 Å². The molecule has 3 aromatic rings. The molecule has 0 spiro atoms.